The van der Waals surface area contributed by atoms with Crippen molar-refractivity contribution in [1.82, 2.24) is 0 Å². The van der Waals surface area contributed by atoms with Crippen LogP contribution in [0.5, 0.6) is 0 Å². The van der Waals surface area contributed by atoms with Crippen molar-refractivity contribution in [3.05, 3.63) is 28.3 Å². The number of nitrogens with zero attached hydrogens (tertiary/aromatic N) is 1. The van der Waals surface area contributed by atoms with Gasteiger partial charge in [0, 0.05) is 36.6 Å². The fourth-order valence-corrected chi connectivity index (χ4v) is 2.70. The fraction of sp³-hybridized carbons (Fsp3) is 0.625. The van der Waals surface area contributed by atoms with E-state index in [1.165, 1.54) is 25.7 Å². The van der Waals surface area contributed by atoms with Crippen LogP contribution in [-0.2, 0) is 0 Å². The first kappa shape index (κ1) is 15.6. The third kappa shape index (κ3) is 4.34. The van der Waals surface area contributed by atoms with E-state index >= 15 is 0 Å². The van der Waals surface area contributed by atoms with Crippen LogP contribution < -0.4 is 10.6 Å². The van der Waals surface area contributed by atoms with Crippen molar-refractivity contribution < 1.29 is 4.92 Å². The van der Waals surface area contributed by atoms with Crippen LogP contribution in [0.4, 0.5) is 17.1 Å². The van der Waals surface area contributed by atoms with Gasteiger partial charge in [-0.3, -0.25) is 10.1 Å². The number of rotatable bonds is 9. The lowest BCUT2D eigenvalue weighted by Crippen LogP contribution is -2.15. The summed E-state index contributed by atoms with van der Waals surface area (Å²) in [5, 5.41) is 17.7. The van der Waals surface area contributed by atoms with Gasteiger partial charge >= 0.3 is 0 Å². The Labute approximate surface area is 126 Å². The molecule has 0 bridgehead atoms. The van der Waals surface area contributed by atoms with Crippen molar-refractivity contribution in [2.45, 2.75) is 46.0 Å². The molecule has 1 saturated carbocycles. The summed E-state index contributed by atoms with van der Waals surface area (Å²) in [5.41, 5.74) is 2.22. The van der Waals surface area contributed by atoms with Gasteiger partial charge in [0.25, 0.3) is 5.69 Å². The van der Waals surface area contributed by atoms with E-state index in [0.717, 1.165) is 30.9 Å². The molecular weight excluding hydrogens is 266 g/mol. The van der Waals surface area contributed by atoms with E-state index in [1.807, 2.05) is 6.07 Å². The topological polar surface area (TPSA) is 67.2 Å². The number of anilines is 2. The molecule has 1 aliphatic carbocycles. The van der Waals surface area contributed by atoms with Crippen LogP contribution in [-0.4, -0.2) is 18.0 Å². The zero-order valence-corrected chi connectivity index (χ0v) is 12.9. The number of non-ortho nitro benzene ring substituents is 1. The predicted octanol–water partition coefficient (Wildman–Crippen LogP) is 4.41. The van der Waals surface area contributed by atoms with Gasteiger partial charge in [0.15, 0.2) is 0 Å². The average Bonchev–Trinajstić information content (AvgIpc) is 3.23. The minimum atomic E-state index is -0.332. The van der Waals surface area contributed by atoms with Gasteiger partial charge in [0.1, 0.15) is 0 Å². The van der Waals surface area contributed by atoms with Gasteiger partial charge in [-0.15, -0.1) is 0 Å². The van der Waals surface area contributed by atoms with E-state index in [2.05, 4.69) is 24.5 Å². The molecule has 0 amide bonds. The van der Waals surface area contributed by atoms with Crippen molar-refractivity contribution in [2.75, 3.05) is 23.7 Å². The van der Waals surface area contributed by atoms with E-state index in [9.17, 15) is 10.1 Å². The molecule has 1 aromatic carbocycles. The van der Waals surface area contributed by atoms with Crippen LogP contribution in [0.1, 0.15) is 46.0 Å². The Morgan fingerprint density at radius 2 is 1.81 bits per heavy atom. The quantitative estimate of drug-likeness (QED) is 0.522. The molecule has 0 aliphatic heterocycles. The molecule has 2 rings (SSSR count). The summed E-state index contributed by atoms with van der Waals surface area (Å²) in [6.07, 6.45) is 5.95. The van der Waals surface area contributed by atoms with Gasteiger partial charge in [-0.25, -0.2) is 0 Å². The molecule has 0 atom stereocenters. The molecule has 0 saturated heterocycles. The maximum absolute atomic E-state index is 11.0. The van der Waals surface area contributed by atoms with Crippen molar-refractivity contribution in [3.63, 3.8) is 0 Å². The second kappa shape index (κ2) is 6.78. The molecule has 0 aromatic heterocycles. The SMILES string of the molecule is CCCNc1cc(NCC2(CCC)CC2)cc([N+](=O)[O-])c1. The monoisotopic (exact) mass is 291 g/mol. The highest BCUT2D eigenvalue weighted by molar-refractivity contribution is 5.63. The first-order chi connectivity index (χ1) is 10.1. The lowest BCUT2D eigenvalue weighted by atomic mass is 10.0. The van der Waals surface area contributed by atoms with Crippen molar-refractivity contribution in [3.8, 4) is 0 Å². The summed E-state index contributed by atoms with van der Waals surface area (Å²) in [5.74, 6) is 0. The molecule has 0 spiro atoms. The van der Waals surface area contributed by atoms with Crippen LogP contribution in [0.25, 0.3) is 0 Å². The maximum Gasteiger partial charge on any atom is 0.273 e. The second-order valence-corrected chi connectivity index (χ2v) is 6.06. The average molecular weight is 291 g/mol. The molecule has 1 aliphatic rings. The normalized spacial score (nSPS) is 15.5. The van der Waals surface area contributed by atoms with Crippen LogP contribution in [0, 0.1) is 15.5 Å². The third-order valence-electron chi connectivity index (χ3n) is 4.11. The molecule has 0 radical (unpaired) electrons. The summed E-state index contributed by atoms with van der Waals surface area (Å²) < 4.78 is 0. The van der Waals surface area contributed by atoms with E-state index in [0.29, 0.717) is 5.41 Å². The van der Waals surface area contributed by atoms with E-state index < -0.39 is 0 Å². The van der Waals surface area contributed by atoms with Gasteiger partial charge < -0.3 is 10.6 Å². The van der Waals surface area contributed by atoms with Gasteiger partial charge in [0.2, 0.25) is 0 Å². The molecule has 5 heteroatoms. The van der Waals surface area contributed by atoms with Crippen molar-refractivity contribution >= 4 is 17.1 Å². The summed E-state index contributed by atoms with van der Waals surface area (Å²) in [6, 6.07) is 5.18. The Balaban J connectivity index is 2.06. The molecule has 116 valence electrons. The molecule has 0 unspecified atom stereocenters. The summed E-state index contributed by atoms with van der Waals surface area (Å²) in [7, 11) is 0. The highest BCUT2D eigenvalue weighted by Gasteiger charge is 2.41. The van der Waals surface area contributed by atoms with Gasteiger partial charge in [-0.05, 0) is 37.2 Å². The smallest absolute Gasteiger partial charge is 0.273 e. The van der Waals surface area contributed by atoms with Crippen molar-refractivity contribution in [1.29, 1.82) is 0 Å². The number of nitrogens with one attached hydrogen (secondary N) is 2. The first-order valence-corrected chi connectivity index (χ1v) is 7.86. The van der Waals surface area contributed by atoms with Gasteiger partial charge in [-0.1, -0.05) is 20.3 Å². The Hall–Kier alpha value is -1.78. The van der Waals surface area contributed by atoms with Crippen LogP contribution >= 0.6 is 0 Å². The molecule has 0 heterocycles. The summed E-state index contributed by atoms with van der Waals surface area (Å²) >= 11 is 0. The Morgan fingerprint density at radius 1 is 1.14 bits per heavy atom. The fourth-order valence-electron chi connectivity index (χ4n) is 2.70. The highest BCUT2D eigenvalue weighted by Crippen LogP contribution is 2.49. The number of benzene rings is 1. The van der Waals surface area contributed by atoms with Gasteiger partial charge in [0.05, 0.1) is 4.92 Å². The number of hydrogen-bond acceptors (Lipinski definition) is 4. The van der Waals surface area contributed by atoms with Gasteiger partial charge in [-0.2, -0.15) is 0 Å². The molecule has 1 aromatic rings. The Kier molecular flexibility index (Phi) is 5.04. The molecule has 21 heavy (non-hydrogen) atoms. The second-order valence-electron chi connectivity index (χ2n) is 6.06. The maximum atomic E-state index is 11.0. The van der Waals surface area contributed by atoms with E-state index in [-0.39, 0.29) is 10.6 Å². The molecule has 5 nitrogen and oxygen atoms in total. The van der Waals surface area contributed by atoms with Crippen LogP contribution in [0.2, 0.25) is 0 Å². The largest absolute Gasteiger partial charge is 0.385 e. The lowest BCUT2D eigenvalue weighted by molar-refractivity contribution is -0.384. The summed E-state index contributed by atoms with van der Waals surface area (Å²) in [6.45, 7) is 6.01. The van der Waals surface area contributed by atoms with E-state index in [1.54, 1.807) is 12.1 Å². The predicted molar refractivity (Wildman–Crippen MR) is 86.9 cm³/mol. The first-order valence-electron chi connectivity index (χ1n) is 7.86. The number of hydrogen-bond donors (Lipinski definition) is 2. The zero-order valence-electron chi connectivity index (χ0n) is 12.9. The number of nitro groups is 1. The third-order valence-corrected chi connectivity index (χ3v) is 4.11. The Morgan fingerprint density at radius 3 is 2.33 bits per heavy atom. The minimum Gasteiger partial charge on any atom is -0.385 e. The molecular formula is C16H25N3O2. The van der Waals surface area contributed by atoms with Crippen molar-refractivity contribution in [2.24, 2.45) is 5.41 Å². The minimum absolute atomic E-state index is 0.138. The molecule has 2 N–H and O–H groups in total. The molecule has 1 fully saturated rings. The van der Waals surface area contributed by atoms with E-state index in [4.69, 9.17) is 0 Å². The summed E-state index contributed by atoms with van der Waals surface area (Å²) in [4.78, 5) is 10.7. The van der Waals surface area contributed by atoms with Crippen LogP contribution in [0.15, 0.2) is 18.2 Å². The zero-order chi connectivity index (χ0) is 15.3. The standard InChI is InChI=1S/C16H25N3O2/c1-3-5-16(6-7-16)12-18-14-9-13(17-8-4-2)10-15(11-14)19(20)21/h9-11,17-18H,3-8,12H2,1-2H3. The highest BCUT2D eigenvalue weighted by atomic mass is 16.6. The Bertz CT molecular complexity index is 498. The number of nitro benzene ring substituents is 1. The lowest BCUT2D eigenvalue weighted by Gasteiger charge is -2.16. The van der Waals surface area contributed by atoms with Crippen LogP contribution in [0.3, 0.4) is 0 Å².